The van der Waals surface area contributed by atoms with Crippen LogP contribution in [0.4, 0.5) is 0 Å². The van der Waals surface area contributed by atoms with E-state index in [1.807, 2.05) is 0 Å². The van der Waals surface area contributed by atoms with Crippen molar-refractivity contribution in [3.05, 3.63) is 24.8 Å². The highest BCUT2D eigenvalue weighted by atomic mass is 16.3. The van der Waals surface area contributed by atoms with E-state index in [4.69, 9.17) is 0 Å². The second-order valence-corrected chi connectivity index (χ2v) is 2.92. The Morgan fingerprint density at radius 1 is 1.07 bits per heavy atom. The van der Waals surface area contributed by atoms with Crippen molar-refractivity contribution in [2.45, 2.75) is 19.2 Å². The summed E-state index contributed by atoms with van der Waals surface area (Å²) in [6.07, 6.45) is 5.40. The molecule has 7 heteroatoms. The third kappa shape index (κ3) is 1.49. The number of aliphatic hydroxyl groups is 1. The molecule has 0 saturated heterocycles. The summed E-state index contributed by atoms with van der Waals surface area (Å²) in [6.45, 7) is 1.66. The van der Waals surface area contributed by atoms with E-state index in [9.17, 15) is 5.11 Å². The molecule has 14 heavy (non-hydrogen) atoms. The highest BCUT2D eigenvalue weighted by Crippen LogP contribution is 2.10. The lowest BCUT2D eigenvalue weighted by Crippen LogP contribution is -2.29. The van der Waals surface area contributed by atoms with Gasteiger partial charge in [-0.1, -0.05) is 10.4 Å². The molecule has 2 heterocycles. The van der Waals surface area contributed by atoms with Gasteiger partial charge < -0.3 is 5.11 Å². The van der Waals surface area contributed by atoms with Crippen LogP contribution in [0.1, 0.15) is 13.1 Å². The Morgan fingerprint density at radius 2 is 1.57 bits per heavy atom. The van der Waals surface area contributed by atoms with Crippen LogP contribution in [0.25, 0.3) is 0 Å². The van der Waals surface area contributed by atoms with Crippen molar-refractivity contribution in [3.8, 4) is 0 Å². The molecule has 0 aromatic carbocycles. The van der Waals surface area contributed by atoms with Gasteiger partial charge in [-0.3, -0.25) is 0 Å². The predicted octanol–water partition coefficient (Wildman–Crippen LogP) is -0.703. The number of aliphatic hydroxyl groups excluding tert-OH is 1. The van der Waals surface area contributed by atoms with Crippen LogP contribution in [-0.2, 0) is 0 Å². The van der Waals surface area contributed by atoms with E-state index in [0.29, 0.717) is 0 Å². The van der Waals surface area contributed by atoms with Gasteiger partial charge in [0.2, 0.25) is 0 Å². The van der Waals surface area contributed by atoms with Gasteiger partial charge in [0.1, 0.15) is 0 Å². The van der Waals surface area contributed by atoms with E-state index in [-0.39, 0.29) is 0 Å². The maximum Gasteiger partial charge on any atom is 0.172 e. The molecule has 0 aliphatic heterocycles. The summed E-state index contributed by atoms with van der Waals surface area (Å²) in [4.78, 5) is 0. The molecule has 0 saturated carbocycles. The van der Waals surface area contributed by atoms with Crippen molar-refractivity contribution < 1.29 is 5.11 Å². The highest BCUT2D eigenvalue weighted by Gasteiger charge is 2.20. The zero-order valence-corrected chi connectivity index (χ0v) is 7.59. The molecule has 0 radical (unpaired) electrons. The van der Waals surface area contributed by atoms with E-state index in [1.165, 1.54) is 9.36 Å². The molecule has 7 nitrogen and oxygen atoms in total. The molecule has 0 fully saturated rings. The molecule has 1 unspecified atom stereocenters. The Hall–Kier alpha value is -1.76. The minimum atomic E-state index is -0.626. The fraction of sp³-hybridized carbons (Fsp3) is 0.429. The number of hydrogen-bond donors (Lipinski definition) is 1. The molecule has 0 amide bonds. The summed E-state index contributed by atoms with van der Waals surface area (Å²) in [6, 6.07) is 0. The molecule has 0 spiro atoms. The van der Waals surface area contributed by atoms with E-state index in [1.54, 1.807) is 31.7 Å². The van der Waals surface area contributed by atoms with Crippen molar-refractivity contribution in [3.63, 3.8) is 0 Å². The lowest BCUT2D eigenvalue weighted by Gasteiger charge is -2.19. The average Bonchev–Trinajstić information content (AvgIpc) is 2.75. The number of hydrogen-bond acceptors (Lipinski definition) is 5. The van der Waals surface area contributed by atoms with Crippen LogP contribution < -0.4 is 0 Å². The molecule has 0 bridgehead atoms. The van der Waals surface area contributed by atoms with Gasteiger partial charge in [-0.25, -0.2) is 9.36 Å². The van der Waals surface area contributed by atoms with Crippen LogP contribution in [0.3, 0.4) is 0 Å². The molecule has 2 aromatic heterocycles. The summed E-state index contributed by atoms with van der Waals surface area (Å²) in [5.41, 5.74) is 0. The van der Waals surface area contributed by atoms with Crippen molar-refractivity contribution in [2.75, 3.05) is 0 Å². The molecule has 0 aliphatic carbocycles. The molecule has 1 atom stereocenters. The van der Waals surface area contributed by atoms with E-state index in [0.717, 1.165) is 0 Å². The van der Waals surface area contributed by atoms with Gasteiger partial charge in [-0.05, 0) is 6.92 Å². The van der Waals surface area contributed by atoms with Crippen LogP contribution >= 0.6 is 0 Å². The molecule has 74 valence electrons. The summed E-state index contributed by atoms with van der Waals surface area (Å²) >= 11 is 0. The molecule has 2 rings (SSSR count). The minimum Gasteiger partial charge on any atom is -0.389 e. The molecule has 1 N–H and O–H groups in total. The first kappa shape index (κ1) is 8.82. The topological polar surface area (TPSA) is 81.6 Å². The first-order chi connectivity index (χ1) is 6.79. The maximum absolute atomic E-state index is 9.58. The lowest BCUT2D eigenvalue weighted by molar-refractivity contribution is 0.0961. The smallest absolute Gasteiger partial charge is 0.172 e. The second-order valence-electron chi connectivity index (χ2n) is 2.92. The lowest BCUT2D eigenvalue weighted by atomic mass is 10.3. The zero-order valence-electron chi connectivity index (χ0n) is 7.59. The number of aromatic nitrogens is 6. The van der Waals surface area contributed by atoms with Gasteiger partial charge in [0.15, 0.2) is 6.17 Å². The first-order valence-corrected chi connectivity index (χ1v) is 4.18. The summed E-state index contributed by atoms with van der Waals surface area (Å²) in [5.74, 6) is 0. The largest absolute Gasteiger partial charge is 0.389 e. The Labute approximate surface area is 80.0 Å². The average molecular weight is 194 g/mol. The van der Waals surface area contributed by atoms with Gasteiger partial charge >= 0.3 is 0 Å². The van der Waals surface area contributed by atoms with Crippen molar-refractivity contribution >= 4 is 0 Å². The first-order valence-electron chi connectivity index (χ1n) is 4.18. The second kappa shape index (κ2) is 3.54. The fourth-order valence-corrected chi connectivity index (χ4v) is 1.28. The monoisotopic (exact) mass is 194 g/mol. The Bertz CT molecular complexity index is 333. The van der Waals surface area contributed by atoms with Gasteiger partial charge in [0.05, 0.1) is 18.5 Å². The molecular weight excluding hydrogens is 184 g/mol. The van der Waals surface area contributed by atoms with Crippen LogP contribution in [0.5, 0.6) is 0 Å². The summed E-state index contributed by atoms with van der Waals surface area (Å²) < 4.78 is 3.05. The third-order valence-corrected chi connectivity index (χ3v) is 1.86. The third-order valence-electron chi connectivity index (χ3n) is 1.86. The maximum atomic E-state index is 9.58. The van der Waals surface area contributed by atoms with Crippen molar-refractivity contribution in [1.29, 1.82) is 0 Å². The van der Waals surface area contributed by atoms with Crippen molar-refractivity contribution in [2.24, 2.45) is 0 Å². The summed E-state index contributed by atoms with van der Waals surface area (Å²) in [5, 5.41) is 24.6. The number of nitrogens with zero attached hydrogens (tertiary/aromatic N) is 6. The van der Waals surface area contributed by atoms with Gasteiger partial charge in [0, 0.05) is 12.4 Å². The summed E-state index contributed by atoms with van der Waals surface area (Å²) in [7, 11) is 0. The number of rotatable bonds is 3. The Morgan fingerprint density at radius 3 is 1.86 bits per heavy atom. The normalized spacial score (nSPS) is 13.4. The van der Waals surface area contributed by atoms with Crippen LogP contribution in [0, 0.1) is 0 Å². The van der Waals surface area contributed by atoms with Crippen LogP contribution in [0.15, 0.2) is 24.8 Å². The van der Waals surface area contributed by atoms with Crippen LogP contribution in [0.2, 0.25) is 0 Å². The Balaban J connectivity index is 2.35. The van der Waals surface area contributed by atoms with E-state index >= 15 is 0 Å². The Kier molecular flexibility index (Phi) is 2.23. The molecule has 0 aliphatic rings. The molecule has 2 aromatic rings. The van der Waals surface area contributed by atoms with Gasteiger partial charge in [-0.2, -0.15) is 0 Å². The highest BCUT2D eigenvalue weighted by molar-refractivity contribution is 4.79. The van der Waals surface area contributed by atoms with Gasteiger partial charge in [0.25, 0.3) is 0 Å². The van der Waals surface area contributed by atoms with E-state index < -0.39 is 12.3 Å². The SMILES string of the molecule is CC(O)C(n1ccnn1)n1ccnn1. The van der Waals surface area contributed by atoms with Crippen molar-refractivity contribution in [1.82, 2.24) is 30.0 Å². The van der Waals surface area contributed by atoms with E-state index in [2.05, 4.69) is 20.6 Å². The minimum absolute atomic E-state index is 0.403. The van der Waals surface area contributed by atoms with Crippen LogP contribution in [-0.4, -0.2) is 41.2 Å². The zero-order chi connectivity index (χ0) is 9.97. The molecular formula is C7H10N6O. The quantitative estimate of drug-likeness (QED) is 0.698. The van der Waals surface area contributed by atoms with Gasteiger partial charge in [-0.15, -0.1) is 10.2 Å². The standard InChI is InChI=1S/C7H10N6O/c1-6(14)7(12-4-2-8-10-12)13-5-3-9-11-13/h2-7,14H,1H3. The predicted molar refractivity (Wildman–Crippen MR) is 46.2 cm³/mol. The fourth-order valence-electron chi connectivity index (χ4n) is 1.28.